The Labute approximate surface area is 53.7 Å². The zero-order valence-electron chi connectivity index (χ0n) is 2.96. The molecular weight excluding hydrogens is 93.4 g/mol. The summed E-state index contributed by atoms with van der Waals surface area (Å²) >= 11 is -0.667. The van der Waals surface area contributed by atoms with Gasteiger partial charge < -0.3 is 0 Å². The summed E-state index contributed by atoms with van der Waals surface area (Å²) in [5, 5.41) is 0. The standard InChI is InChI=1S/2CH3.Al.ClH.Li.H/h2*1H3;;1H;;/q;;+1;;;/p-1. The van der Waals surface area contributed by atoms with Crippen molar-refractivity contribution in [3.63, 3.8) is 0 Å². The first-order chi connectivity index (χ1) is 1.73. The van der Waals surface area contributed by atoms with E-state index in [0.717, 1.165) is 0 Å². The van der Waals surface area contributed by atoms with Gasteiger partial charge >= 0.3 is 32.1 Å². The van der Waals surface area contributed by atoms with Crippen LogP contribution in [0.4, 0.5) is 0 Å². The van der Waals surface area contributed by atoms with Crippen LogP contribution in [-0.4, -0.2) is 32.1 Å². The molecule has 0 fully saturated rings. The minimum absolute atomic E-state index is 0. The summed E-state index contributed by atoms with van der Waals surface area (Å²) in [6.07, 6.45) is 0. The fourth-order valence-corrected chi connectivity index (χ4v) is 0. The maximum absolute atomic E-state index is 5.41. The van der Waals surface area contributed by atoms with E-state index in [9.17, 15) is 0 Å². The zero-order valence-corrected chi connectivity index (χ0v) is 4.87. The van der Waals surface area contributed by atoms with Gasteiger partial charge in [0.15, 0.2) is 0 Å². The van der Waals surface area contributed by atoms with Gasteiger partial charge in [0.1, 0.15) is 0 Å². The van der Waals surface area contributed by atoms with Crippen LogP contribution < -0.4 is 0 Å². The van der Waals surface area contributed by atoms with Crippen LogP contribution >= 0.6 is 10.0 Å². The predicted molar refractivity (Wildman–Crippen MR) is 30.5 cm³/mol. The van der Waals surface area contributed by atoms with Crippen molar-refractivity contribution in [3.05, 3.63) is 0 Å². The second-order valence-corrected chi connectivity index (χ2v) is 5.66. The SMILES string of the molecule is [CH3][Al]([CH3])[Cl].[LiH]. The van der Waals surface area contributed by atoms with Crippen LogP contribution in [0.3, 0.4) is 0 Å². The molecule has 0 unspecified atom stereocenters. The molecule has 0 N–H and O–H groups in total. The molecule has 0 aliphatic rings. The van der Waals surface area contributed by atoms with E-state index in [1.807, 2.05) is 0 Å². The van der Waals surface area contributed by atoms with Crippen molar-refractivity contribution in [1.29, 1.82) is 0 Å². The van der Waals surface area contributed by atoms with Crippen molar-refractivity contribution in [3.8, 4) is 0 Å². The molecule has 0 radical (unpaired) electrons. The zero-order chi connectivity index (χ0) is 3.58. The number of halogens is 1. The average molecular weight is 100 g/mol. The number of hydrogen-bond acceptors (Lipinski definition) is 0. The van der Waals surface area contributed by atoms with Gasteiger partial charge in [-0.3, -0.25) is 10.0 Å². The summed E-state index contributed by atoms with van der Waals surface area (Å²) in [5.74, 6) is 4.14. The van der Waals surface area contributed by atoms with Crippen LogP contribution in [0.2, 0.25) is 11.6 Å². The Bertz CT molecular complexity index is 14.4. The fourth-order valence-electron chi connectivity index (χ4n) is 0. The quantitative estimate of drug-likeness (QED) is 0.396. The summed E-state index contributed by atoms with van der Waals surface area (Å²) in [6.45, 7) is 0. The third-order valence-electron chi connectivity index (χ3n) is 0. The van der Waals surface area contributed by atoms with E-state index in [1.165, 1.54) is 0 Å². The molecule has 0 atom stereocenters. The van der Waals surface area contributed by atoms with Crippen molar-refractivity contribution in [1.82, 2.24) is 0 Å². The van der Waals surface area contributed by atoms with Crippen LogP contribution in [0.1, 0.15) is 0 Å². The Morgan fingerprint density at radius 3 is 1.40 bits per heavy atom. The molecule has 3 heteroatoms. The first-order valence-corrected chi connectivity index (χ1v) is 5.43. The monoisotopic (exact) mass is 100 g/mol. The van der Waals surface area contributed by atoms with Gasteiger partial charge in [0.25, 0.3) is 0 Å². The Hall–Kier alpha value is 1.42. The van der Waals surface area contributed by atoms with Gasteiger partial charge in [-0.05, 0) is 0 Å². The van der Waals surface area contributed by atoms with Gasteiger partial charge in [-0.25, -0.2) is 0 Å². The molecular formula is C2H7AlClLi. The predicted octanol–water partition coefficient (Wildman–Crippen LogP) is 0.828. The van der Waals surface area contributed by atoms with Crippen molar-refractivity contribution in [2.75, 3.05) is 0 Å². The van der Waals surface area contributed by atoms with Crippen molar-refractivity contribution in [2.24, 2.45) is 0 Å². The topological polar surface area (TPSA) is 0 Å². The molecule has 0 amide bonds. The maximum atomic E-state index is 5.41. The van der Waals surface area contributed by atoms with Crippen LogP contribution in [0.15, 0.2) is 0 Å². The van der Waals surface area contributed by atoms with E-state index in [2.05, 4.69) is 11.6 Å². The molecule has 0 aromatic rings. The van der Waals surface area contributed by atoms with Crippen molar-refractivity contribution < 1.29 is 0 Å². The van der Waals surface area contributed by atoms with Crippen LogP contribution in [-0.2, 0) is 0 Å². The van der Waals surface area contributed by atoms with E-state index in [1.54, 1.807) is 0 Å². The molecule has 0 saturated carbocycles. The summed E-state index contributed by atoms with van der Waals surface area (Å²) in [6, 6.07) is 0. The van der Waals surface area contributed by atoms with Crippen molar-refractivity contribution in [2.45, 2.75) is 11.6 Å². The third kappa shape index (κ3) is 31.4. The van der Waals surface area contributed by atoms with E-state index in [-0.39, 0.29) is 18.9 Å². The first-order valence-electron chi connectivity index (χ1n) is 1.37. The Morgan fingerprint density at radius 2 is 1.40 bits per heavy atom. The Balaban J connectivity index is 0. The van der Waals surface area contributed by atoms with Gasteiger partial charge in [-0.2, -0.15) is 0 Å². The van der Waals surface area contributed by atoms with Gasteiger partial charge in [0.2, 0.25) is 0 Å². The number of rotatable bonds is 0. The summed E-state index contributed by atoms with van der Waals surface area (Å²) in [5.41, 5.74) is 0. The van der Waals surface area contributed by atoms with E-state index in [0.29, 0.717) is 0 Å². The van der Waals surface area contributed by atoms with Gasteiger partial charge in [-0.1, -0.05) is 11.6 Å². The molecule has 0 aliphatic heterocycles. The summed E-state index contributed by atoms with van der Waals surface area (Å²) in [7, 11) is 5.41. The molecule has 0 nitrogen and oxygen atoms in total. The molecule has 0 aromatic heterocycles. The summed E-state index contributed by atoms with van der Waals surface area (Å²) in [4.78, 5) is 0. The molecule has 0 heterocycles. The molecule has 0 aromatic carbocycles. The van der Waals surface area contributed by atoms with Crippen LogP contribution in [0.5, 0.6) is 0 Å². The van der Waals surface area contributed by atoms with Gasteiger partial charge in [-0.15, -0.1) is 0 Å². The Morgan fingerprint density at radius 1 is 1.40 bits per heavy atom. The van der Waals surface area contributed by atoms with Crippen LogP contribution in [0, 0.1) is 0 Å². The average Bonchev–Trinajstić information content (AvgIpc) is 0.811. The number of hydrogen-bond donors (Lipinski definition) is 0. The molecule has 26 valence electrons. The molecule has 5 heavy (non-hydrogen) atoms. The second kappa shape index (κ2) is 5.42. The normalized spacial score (nSPS) is 5.40. The molecule has 0 rings (SSSR count). The third-order valence-corrected chi connectivity index (χ3v) is 0. The molecule has 0 spiro atoms. The van der Waals surface area contributed by atoms with Crippen LogP contribution in [0.25, 0.3) is 0 Å². The molecule has 0 bridgehead atoms. The van der Waals surface area contributed by atoms with Gasteiger partial charge in [0.05, 0.1) is 0 Å². The molecule has 0 saturated heterocycles. The van der Waals surface area contributed by atoms with Gasteiger partial charge in [0, 0.05) is 0 Å². The first kappa shape index (κ1) is 9.65. The Kier molecular flexibility index (Phi) is 10.5. The van der Waals surface area contributed by atoms with E-state index in [4.69, 9.17) is 10.0 Å². The fraction of sp³-hybridized carbons (Fsp3) is 1.00. The molecule has 0 aliphatic carbocycles. The second-order valence-electron chi connectivity index (χ2n) is 1.01. The van der Waals surface area contributed by atoms with Crippen molar-refractivity contribution >= 4 is 42.1 Å². The minimum atomic E-state index is -0.667. The summed E-state index contributed by atoms with van der Waals surface area (Å²) < 4.78 is 0. The van der Waals surface area contributed by atoms with E-state index >= 15 is 0 Å². The van der Waals surface area contributed by atoms with E-state index < -0.39 is 13.2 Å².